The van der Waals surface area contributed by atoms with Crippen molar-refractivity contribution in [3.05, 3.63) is 35.9 Å². The van der Waals surface area contributed by atoms with Gasteiger partial charge < -0.3 is 19.9 Å². The van der Waals surface area contributed by atoms with Crippen molar-refractivity contribution in [2.45, 2.75) is 38.6 Å². The van der Waals surface area contributed by atoms with Crippen molar-refractivity contribution in [3.63, 3.8) is 0 Å². The van der Waals surface area contributed by atoms with Crippen LogP contribution >= 0.6 is 0 Å². The molecule has 3 aliphatic heterocycles. The lowest BCUT2D eigenvalue weighted by Crippen LogP contribution is -2.53. The molecule has 7 heteroatoms. The van der Waals surface area contributed by atoms with Crippen molar-refractivity contribution < 1.29 is 4.74 Å². The van der Waals surface area contributed by atoms with Gasteiger partial charge in [-0.2, -0.15) is 0 Å². The van der Waals surface area contributed by atoms with Crippen molar-refractivity contribution in [2.75, 3.05) is 72.6 Å². The highest BCUT2D eigenvalue weighted by Crippen LogP contribution is 2.24. The monoisotopic (exact) mass is 428 g/mol. The third kappa shape index (κ3) is 5.58. The highest BCUT2D eigenvalue weighted by atomic mass is 16.5. The number of rotatable bonds is 6. The van der Waals surface area contributed by atoms with Crippen LogP contribution in [-0.4, -0.2) is 116 Å². The molecule has 0 radical (unpaired) electrons. The van der Waals surface area contributed by atoms with E-state index < -0.39 is 0 Å². The first-order valence-corrected chi connectivity index (χ1v) is 12.0. The molecule has 3 aliphatic rings. The Morgan fingerprint density at radius 3 is 2.61 bits per heavy atom. The van der Waals surface area contributed by atoms with E-state index >= 15 is 0 Å². The Morgan fingerprint density at radius 1 is 1.13 bits per heavy atom. The zero-order valence-electron chi connectivity index (χ0n) is 19.5. The quantitative estimate of drug-likeness (QED) is 0.542. The molecule has 3 atom stereocenters. The van der Waals surface area contributed by atoms with E-state index in [0.29, 0.717) is 12.1 Å². The van der Waals surface area contributed by atoms with Crippen LogP contribution in [0.2, 0.25) is 0 Å². The lowest BCUT2D eigenvalue weighted by atomic mass is 10.1. The lowest BCUT2D eigenvalue weighted by Gasteiger charge is -2.38. The number of morpholine rings is 1. The topological polar surface area (TPSA) is 46.6 Å². The van der Waals surface area contributed by atoms with Crippen LogP contribution < -0.4 is 5.32 Å². The van der Waals surface area contributed by atoms with Gasteiger partial charge in [0.25, 0.3) is 0 Å². The number of nitrogens with zero attached hydrogens (tertiary/aromatic N) is 5. The van der Waals surface area contributed by atoms with Gasteiger partial charge in [0.1, 0.15) is 0 Å². The number of fused-ring (bicyclic) bond motifs is 1. The van der Waals surface area contributed by atoms with Gasteiger partial charge >= 0.3 is 0 Å². The summed E-state index contributed by atoms with van der Waals surface area (Å²) in [5.74, 6) is 1.01. The Bertz CT molecular complexity index is 705. The average Bonchev–Trinajstić information content (AvgIpc) is 3.25. The summed E-state index contributed by atoms with van der Waals surface area (Å²) in [5.41, 5.74) is 1.38. The van der Waals surface area contributed by atoms with Crippen LogP contribution in [0.25, 0.3) is 0 Å². The molecule has 3 heterocycles. The second kappa shape index (κ2) is 10.8. The molecule has 31 heavy (non-hydrogen) atoms. The van der Waals surface area contributed by atoms with Crippen LogP contribution in [0.1, 0.15) is 19.4 Å². The molecular weight excluding hydrogens is 388 g/mol. The van der Waals surface area contributed by atoms with Gasteiger partial charge in [0, 0.05) is 72.0 Å². The third-order valence-electron chi connectivity index (χ3n) is 7.19. The fraction of sp³-hybridized carbons (Fsp3) is 0.708. The summed E-state index contributed by atoms with van der Waals surface area (Å²) in [6, 6.07) is 11.7. The van der Waals surface area contributed by atoms with Crippen LogP contribution in [0.15, 0.2) is 35.3 Å². The summed E-state index contributed by atoms with van der Waals surface area (Å²) in [4.78, 5) is 14.7. The van der Waals surface area contributed by atoms with E-state index in [-0.39, 0.29) is 6.10 Å². The average molecular weight is 429 g/mol. The number of aliphatic imine (C=N–C) groups is 1. The fourth-order valence-corrected chi connectivity index (χ4v) is 5.17. The Hall–Kier alpha value is -1.67. The van der Waals surface area contributed by atoms with Crippen LogP contribution in [-0.2, 0) is 11.3 Å². The van der Waals surface area contributed by atoms with Gasteiger partial charge in [0.2, 0.25) is 0 Å². The number of nitrogens with one attached hydrogen (secondary N) is 1. The number of likely N-dealkylation sites (tertiary alicyclic amines) is 1. The Labute approximate surface area is 188 Å². The first-order chi connectivity index (χ1) is 15.2. The summed E-state index contributed by atoms with van der Waals surface area (Å²) >= 11 is 0. The minimum Gasteiger partial charge on any atom is -0.373 e. The normalized spacial score (nSPS) is 27.3. The van der Waals surface area contributed by atoms with E-state index in [1.165, 1.54) is 18.7 Å². The number of likely N-dealkylation sites (N-methyl/N-ethyl adjacent to an activating group) is 1. The molecular formula is C24H40N6O. The van der Waals surface area contributed by atoms with Gasteiger partial charge in [-0.3, -0.25) is 14.8 Å². The summed E-state index contributed by atoms with van der Waals surface area (Å²) in [6.45, 7) is 16.0. The van der Waals surface area contributed by atoms with Crippen molar-refractivity contribution in [1.82, 2.24) is 24.9 Å². The van der Waals surface area contributed by atoms with Crippen molar-refractivity contribution in [2.24, 2.45) is 4.99 Å². The molecule has 4 rings (SSSR count). The zero-order chi connectivity index (χ0) is 21.6. The standard InChI is InChI=1S/C24H40N6O/c1-4-27-10-12-28(13-11-27)20(2)16-26-24(25-3)30-18-22-23(19-30)31-15-14-29(22)17-21-8-6-5-7-9-21/h5-9,20,22-23H,4,10-19H2,1-3H3,(H,25,26). The SMILES string of the molecule is CCN1CCN(C(C)CNC(=NC)N2CC3OCCN(Cc4ccccc4)C3C2)CC1. The number of benzene rings is 1. The number of hydrogen-bond acceptors (Lipinski definition) is 5. The molecule has 1 aromatic rings. The fourth-order valence-electron chi connectivity index (χ4n) is 5.17. The Balaban J connectivity index is 1.29. The summed E-state index contributed by atoms with van der Waals surface area (Å²) in [5, 5.41) is 3.65. The maximum Gasteiger partial charge on any atom is 0.193 e. The first kappa shape index (κ1) is 22.5. The summed E-state index contributed by atoms with van der Waals surface area (Å²) in [6.07, 6.45) is 0.260. The Morgan fingerprint density at radius 2 is 1.90 bits per heavy atom. The van der Waals surface area contributed by atoms with Gasteiger partial charge in [-0.25, -0.2) is 0 Å². The predicted octanol–water partition coefficient (Wildman–Crippen LogP) is 1.17. The summed E-state index contributed by atoms with van der Waals surface area (Å²) < 4.78 is 6.16. The van der Waals surface area contributed by atoms with Crippen molar-refractivity contribution >= 4 is 5.96 Å². The molecule has 172 valence electrons. The molecule has 3 unspecified atom stereocenters. The smallest absolute Gasteiger partial charge is 0.193 e. The van der Waals surface area contributed by atoms with Crippen molar-refractivity contribution in [1.29, 1.82) is 0 Å². The maximum absolute atomic E-state index is 6.16. The van der Waals surface area contributed by atoms with E-state index in [2.05, 4.69) is 74.1 Å². The molecule has 0 amide bonds. The minimum absolute atomic E-state index is 0.260. The molecule has 3 saturated heterocycles. The zero-order valence-corrected chi connectivity index (χ0v) is 19.5. The number of piperazine rings is 1. The van der Waals surface area contributed by atoms with Gasteiger partial charge in [-0.15, -0.1) is 0 Å². The van der Waals surface area contributed by atoms with Gasteiger partial charge in [0.15, 0.2) is 5.96 Å². The van der Waals surface area contributed by atoms with E-state index in [0.717, 1.165) is 64.9 Å². The predicted molar refractivity (Wildman–Crippen MR) is 126 cm³/mol. The molecule has 7 nitrogen and oxygen atoms in total. The van der Waals surface area contributed by atoms with Crippen LogP contribution in [0, 0.1) is 0 Å². The molecule has 1 N–H and O–H groups in total. The third-order valence-corrected chi connectivity index (χ3v) is 7.19. The highest BCUT2D eigenvalue weighted by Gasteiger charge is 2.41. The second-order valence-electron chi connectivity index (χ2n) is 9.09. The van der Waals surface area contributed by atoms with E-state index in [1.54, 1.807) is 0 Å². The van der Waals surface area contributed by atoms with Gasteiger partial charge in [-0.05, 0) is 19.0 Å². The molecule has 0 aromatic heterocycles. The molecule has 3 fully saturated rings. The highest BCUT2D eigenvalue weighted by molar-refractivity contribution is 5.80. The molecule has 0 spiro atoms. The van der Waals surface area contributed by atoms with Gasteiger partial charge in [-0.1, -0.05) is 37.3 Å². The first-order valence-electron chi connectivity index (χ1n) is 12.0. The van der Waals surface area contributed by atoms with Gasteiger partial charge in [0.05, 0.1) is 18.8 Å². The van der Waals surface area contributed by atoms with Crippen molar-refractivity contribution in [3.8, 4) is 0 Å². The van der Waals surface area contributed by atoms with E-state index in [9.17, 15) is 0 Å². The number of hydrogen-bond donors (Lipinski definition) is 1. The largest absolute Gasteiger partial charge is 0.373 e. The summed E-state index contributed by atoms with van der Waals surface area (Å²) in [7, 11) is 1.90. The van der Waals surface area contributed by atoms with E-state index in [4.69, 9.17) is 4.74 Å². The molecule has 1 aromatic carbocycles. The molecule has 0 saturated carbocycles. The minimum atomic E-state index is 0.260. The number of guanidine groups is 1. The van der Waals surface area contributed by atoms with E-state index in [1.807, 2.05) is 7.05 Å². The molecule has 0 aliphatic carbocycles. The lowest BCUT2D eigenvalue weighted by molar-refractivity contribution is -0.0502. The second-order valence-corrected chi connectivity index (χ2v) is 9.09. The van der Waals surface area contributed by atoms with Crippen LogP contribution in [0.4, 0.5) is 0 Å². The Kier molecular flexibility index (Phi) is 7.82. The van der Waals surface area contributed by atoms with Crippen LogP contribution in [0.5, 0.6) is 0 Å². The maximum atomic E-state index is 6.16. The molecule has 0 bridgehead atoms. The van der Waals surface area contributed by atoms with Crippen LogP contribution in [0.3, 0.4) is 0 Å². The number of ether oxygens (including phenoxy) is 1.